The minimum absolute atomic E-state index is 0.000823. The Kier molecular flexibility index (Phi) is 5.59. The van der Waals surface area contributed by atoms with Crippen molar-refractivity contribution >= 4 is 40.4 Å². The lowest BCUT2D eigenvalue weighted by molar-refractivity contribution is -0.384. The van der Waals surface area contributed by atoms with Crippen molar-refractivity contribution in [1.29, 1.82) is 0 Å². The fraction of sp³-hybridized carbons (Fsp3) is 0.0667. The predicted molar refractivity (Wildman–Crippen MR) is 91.7 cm³/mol. The van der Waals surface area contributed by atoms with Crippen LogP contribution >= 0.6 is 22.6 Å². The van der Waals surface area contributed by atoms with Gasteiger partial charge in [0.05, 0.1) is 17.6 Å². The fourth-order valence-electron chi connectivity index (χ4n) is 1.69. The molecule has 0 aromatic heterocycles. The van der Waals surface area contributed by atoms with Crippen LogP contribution in [-0.4, -0.2) is 17.0 Å². The number of hydrogen-bond acceptors (Lipinski definition) is 4. The Balaban J connectivity index is 1.87. The van der Waals surface area contributed by atoms with Gasteiger partial charge in [0, 0.05) is 15.7 Å². The highest BCUT2D eigenvalue weighted by Crippen LogP contribution is 2.12. The summed E-state index contributed by atoms with van der Waals surface area (Å²) in [5, 5.41) is 14.4. The first kappa shape index (κ1) is 16.1. The van der Waals surface area contributed by atoms with Gasteiger partial charge in [-0.25, -0.2) is 5.43 Å². The molecule has 0 unspecified atom stereocenters. The van der Waals surface area contributed by atoms with Gasteiger partial charge in [0.25, 0.3) is 5.69 Å². The molecule has 0 saturated carbocycles. The molecule has 2 rings (SSSR count). The van der Waals surface area contributed by atoms with Crippen LogP contribution in [0.3, 0.4) is 0 Å². The lowest BCUT2D eigenvalue weighted by atomic mass is 10.1. The second-order valence-electron chi connectivity index (χ2n) is 4.45. The summed E-state index contributed by atoms with van der Waals surface area (Å²) < 4.78 is 1.12. The SMILES string of the molecule is O=C(Cc1ccc([N+](=O)[O-])cc1)N/N=C/c1ccc(I)cc1. The Morgan fingerprint density at radius 3 is 2.41 bits per heavy atom. The second-order valence-corrected chi connectivity index (χ2v) is 5.69. The molecule has 112 valence electrons. The van der Waals surface area contributed by atoms with Crippen molar-refractivity contribution in [3.8, 4) is 0 Å². The van der Waals surface area contributed by atoms with E-state index in [2.05, 4.69) is 33.1 Å². The number of halogens is 1. The summed E-state index contributed by atoms with van der Waals surface area (Å²) in [5.74, 6) is -0.282. The number of nitro benzene ring substituents is 1. The van der Waals surface area contributed by atoms with Gasteiger partial charge in [0.2, 0.25) is 5.91 Å². The first-order valence-corrected chi connectivity index (χ1v) is 7.43. The fourth-order valence-corrected chi connectivity index (χ4v) is 2.05. The number of rotatable bonds is 5. The molecule has 6 nitrogen and oxygen atoms in total. The van der Waals surface area contributed by atoms with Crippen LogP contribution in [0.4, 0.5) is 5.69 Å². The number of nitrogens with zero attached hydrogens (tertiary/aromatic N) is 2. The lowest BCUT2D eigenvalue weighted by Gasteiger charge is -2.00. The van der Waals surface area contributed by atoms with Crippen molar-refractivity contribution in [3.05, 3.63) is 73.3 Å². The van der Waals surface area contributed by atoms with E-state index in [1.807, 2.05) is 24.3 Å². The number of nitrogens with one attached hydrogen (secondary N) is 1. The quantitative estimate of drug-likeness (QED) is 0.357. The van der Waals surface area contributed by atoms with Gasteiger partial charge in [-0.1, -0.05) is 24.3 Å². The normalized spacial score (nSPS) is 10.6. The molecule has 0 atom stereocenters. The summed E-state index contributed by atoms with van der Waals surface area (Å²) in [5.41, 5.74) is 4.00. The summed E-state index contributed by atoms with van der Waals surface area (Å²) in [7, 11) is 0. The third kappa shape index (κ3) is 4.92. The van der Waals surface area contributed by atoms with Gasteiger partial charge in [0.15, 0.2) is 0 Å². The Labute approximate surface area is 140 Å². The molecule has 0 fully saturated rings. The maximum Gasteiger partial charge on any atom is 0.269 e. The molecule has 0 aliphatic rings. The predicted octanol–water partition coefficient (Wildman–Crippen LogP) is 2.89. The third-order valence-corrected chi connectivity index (χ3v) is 3.50. The maximum atomic E-state index is 11.7. The zero-order valence-corrected chi connectivity index (χ0v) is 13.6. The highest BCUT2D eigenvalue weighted by molar-refractivity contribution is 14.1. The number of amides is 1. The van der Waals surface area contributed by atoms with E-state index in [9.17, 15) is 14.9 Å². The van der Waals surface area contributed by atoms with Crippen LogP contribution in [-0.2, 0) is 11.2 Å². The molecule has 0 spiro atoms. The van der Waals surface area contributed by atoms with Crippen molar-refractivity contribution in [2.45, 2.75) is 6.42 Å². The molecule has 22 heavy (non-hydrogen) atoms. The topological polar surface area (TPSA) is 84.6 Å². The average molecular weight is 409 g/mol. The zero-order valence-electron chi connectivity index (χ0n) is 11.4. The summed E-state index contributed by atoms with van der Waals surface area (Å²) in [6.45, 7) is 0. The van der Waals surface area contributed by atoms with E-state index in [1.54, 1.807) is 18.3 Å². The number of non-ortho nitro benzene ring substituents is 1. The van der Waals surface area contributed by atoms with E-state index in [4.69, 9.17) is 0 Å². The molecule has 0 heterocycles. The molecule has 2 aromatic rings. The van der Waals surface area contributed by atoms with Crippen LogP contribution in [0.15, 0.2) is 53.6 Å². The van der Waals surface area contributed by atoms with Gasteiger partial charge < -0.3 is 0 Å². The Hall–Kier alpha value is -2.29. The Morgan fingerprint density at radius 1 is 1.18 bits per heavy atom. The van der Waals surface area contributed by atoms with E-state index in [0.717, 1.165) is 9.13 Å². The van der Waals surface area contributed by atoms with Crippen LogP contribution in [0.25, 0.3) is 0 Å². The van der Waals surface area contributed by atoms with Crippen LogP contribution in [0.2, 0.25) is 0 Å². The highest BCUT2D eigenvalue weighted by Gasteiger charge is 2.06. The van der Waals surface area contributed by atoms with Gasteiger partial charge in [-0.15, -0.1) is 0 Å². The Morgan fingerprint density at radius 2 is 1.82 bits per heavy atom. The van der Waals surface area contributed by atoms with Gasteiger partial charge >= 0.3 is 0 Å². The molecular formula is C15H12IN3O3. The van der Waals surface area contributed by atoms with Crippen LogP contribution in [0.5, 0.6) is 0 Å². The number of hydrogen-bond donors (Lipinski definition) is 1. The third-order valence-electron chi connectivity index (χ3n) is 2.78. The molecule has 7 heteroatoms. The smallest absolute Gasteiger partial charge is 0.269 e. The molecule has 0 radical (unpaired) electrons. The van der Waals surface area contributed by atoms with Crippen molar-refractivity contribution < 1.29 is 9.72 Å². The molecular weight excluding hydrogens is 397 g/mol. The van der Waals surface area contributed by atoms with Gasteiger partial charge in [-0.2, -0.15) is 5.10 Å². The van der Waals surface area contributed by atoms with E-state index in [1.165, 1.54) is 12.1 Å². The van der Waals surface area contributed by atoms with Gasteiger partial charge in [-0.3, -0.25) is 14.9 Å². The van der Waals surface area contributed by atoms with E-state index < -0.39 is 4.92 Å². The first-order chi connectivity index (χ1) is 10.5. The number of nitro groups is 1. The molecule has 2 aromatic carbocycles. The minimum atomic E-state index is -0.477. The van der Waals surface area contributed by atoms with E-state index in [0.29, 0.717) is 5.56 Å². The van der Waals surface area contributed by atoms with Crippen molar-refractivity contribution in [1.82, 2.24) is 5.43 Å². The zero-order chi connectivity index (χ0) is 15.9. The average Bonchev–Trinajstić information content (AvgIpc) is 2.50. The second kappa shape index (κ2) is 7.64. The standard InChI is InChI=1S/C15H12IN3O3/c16-13-5-1-12(2-6-13)10-17-18-15(20)9-11-3-7-14(8-4-11)19(21)22/h1-8,10H,9H2,(H,18,20)/b17-10+. The minimum Gasteiger partial charge on any atom is -0.273 e. The lowest BCUT2D eigenvalue weighted by Crippen LogP contribution is -2.19. The molecule has 0 saturated heterocycles. The van der Waals surface area contributed by atoms with E-state index >= 15 is 0 Å². The van der Waals surface area contributed by atoms with Crippen LogP contribution in [0, 0.1) is 13.7 Å². The molecule has 1 N–H and O–H groups in total. The van der Waals surface area contributed by atoms with Crippen molar-refractivity contribution in [2.75, 3.05) is 0 Å². The highest BCUT2D eigenvalue weighted by atomic mass is 127. The van der Waals surface area contributed by atoms with Gasteiger partial charge in [0.1, 0.15) is 0 Å². The first-order valence-electron chi connectivity index (χ1n) is 6.35. The van der Waals surface area contributed by atoms with Crippen molar-refractivity contribution in [3.63, 3.8) is 0 Å². The summed E-state index contributed by atoms with van der Waals surface area (Å²) >= 11 is 2.21. The maximum absolute atomic E-state index is 11.7. The molecule has 1 amide bonds. The number of carbonyl (C=O) groups is 1. The van der Waals surface area contributed by atoms with Crippen LogP contribution in [0.1, 0.15) is 11.1 Å². The summed E-state index contributed by atoms with van der Waals surface area (Å²) in [6, 6.07) is 13.5. The summed E-state index contributed by atoms with van der Waals surface area (Å²) in [6.07, 6.45) is 1.67. The molecule has 0 aliphatic carbocycles. The van der Waals surface area contributed by atoms with Gasteiger partial charge in [-0.05, 0) is 45.9 Å². The largest absolute Gasteiger partial charge is 0.273 e. The number of benzene rings is 2. The monoisotopic (exact) mass is 409 g/mol. The number of carbonyl (C=O) groups excluding carboxylic acids is 1. The van der Waals surface area contributed by atoms with Crippen molar-refractivity contribution in [2.24, 2.45) is 5.10 Å². The Bertz CT molecular complexity index is 697. The molecule has 0 bridgehead atoms. The summed E-state index contributed by atoms with van der Waals surface area (Å²) in [4.78, 5) is 21.8. The number of hydrazone groups is 1. The molecule has 0 aliphatic heterocycles. The van der Waals surface area contributed by atoms with E-state index in [-0.39, 0.29) is 18.0 Å². The van der Waals surface area contributed by atoms with Crippen LogP contribution < -0.4 is 5.43 Å².